The van der Waals surface area contributed by atoms with E-state index < -0.39 is 5.97 Å². The van der Waals surface area contributed by atoms with Crippen molar-refractivity contribution in [1.29, 1.82) is 0 Å². The zero-order chi connectivity index (χ0) is 13.3. The summed E-state index contributed by atoms with van der Waals surface area (Å²) in [6.45, 7) is 3.59. The van der Waals surface area contributed by atoms with Crippen LogP contribution in [0, 0.1) is 17.7 Å². The van der Waals surface area contributed by atoms with Crippen LogP contribution in [0.15, 0.2) is 22.7 Å². The Labute approximate surface area is 114 Å². The van der Waals surface area contributed by atoms with Gasteiger partial charge in [-0.15, -0.1) is 0 Å². The molecule has 1 heterocycles. The van der Waals surface area contributed by atoms with Crippen LogP contribution < -0.4 is 0 Å². The molecule has 98 valence electrons. The highest BCUT2D eigenvalue weighted by Crippen LogP contribution is 2.25. The number of nitrogens with zero attached hydrogens (tertiary/aromatic N) is 1. The molecule has 0 radical (unpaired) electrons. The van der Waals surface area contributed by atoms with E-state index in [2.05, 4.69) is 15.9 Å². The van der Waals surface area contributed by atoms with E-state index in [0.717, 1.165) is 0 Å². The molecule has 2 atom stereocenters. The van der Waals surface area contributed by atoms with E-state index >= 15 is 0 Å². The minimum absolute atomic E-state index is 0.112. The third-order valence-corrected chi connectivity index (χ3v) is 3.91. The van der Waals surface area contributed by atoms with E-state index in [4.69, 9.17) is 5.11 Å². The molecular weight excluding hydrogens is 301 g/mol. The van der Waals surface area contributed by atoms with Crippen LogP contribution in [-0.2, 0) is 11.3 Å². The number of hydrogen-bond donors (Lipinski definition) is 1. The minimum Gasteiger partial charge on any atom is -0.481 e. The first-order valence-corrected chi connectivity index (χ1v) is 6.65. The molecule has 3 nitrogen and oxygen atoms in total. The van der Waals surface area contributed by atoms with E-state index in [1.807, 2.05) is 11.8 Å². The first-order valence-electron chi connectivity index (χ1n) is 5.86. The summed E-state index contributed by atoms with van der Waals surface area (Å²) in [6.07, 6.45) is 0. The van der Waals surface area contributed by atoms with Crippen molar-refractivity contribution >= 4 is 21.9 Å². The summed E-state index contributed by atoms with van der Waals surface area (Å²) in [6, 6.07) is 4.97. The van der Waals surface area contributed by atoms with Gasteiger partial charge in [0.25, 0.3) is 0 Å². The molecule has 0 amide bonds. The van der Waals surface area contributed by atoms with Gasteiger partial charge in [-0.25, -0.2) is 4.39 Å². The second-order valence-electron chi connectivity index (χ2n) is 4.85. The van der Waals surface area contributed by atoms with Crippen molar-refractivity contribution in [2.24, 2.45) is 11.8 Å². The maximum Gasteiger partial charge on any atom is 0.308 e. The lowest BCUT2D eigenvalue weighted by Gasteiger charge is -2.15. The van der Waals surface area contributed by atoms with E-state index in [1.54, 1.807) is 12.1 Å². The van der Waals surface area contributed by atoms with Crippen LogP contribution in [0.1, 0.15) is 12.5 Å². The van der Waals surface area contributed by atoms with Crippen molar-refractivity contribution in [2.45, 2.75) is 13.5 Å². The van der Waals surface area contributed by atoms with Gasteiger partial charge in [0, 0.05) is 29.7 Å². The first kappa shape index (κ1) is 13.5. The average molecular weight is 316 g/mol. The Morgan fingerprint density at radius 2 is 2.28 bits per heavy atom. The number of benzene rings is 1. The highest BCUT2D eigenvalue weighted by atomic mass is 79.9. The van der Waals surface area contributed by atoms with Gasteiger partial charge in [0.2, 0.25) is 0 Å². The van der Waals surface area contributed by atoms with Crippen LogP contribution in [0.3, 0.4) is 0 Å². The Morgan fingerprint density at radius 1 is 1.56 bits per heavy atom. The molecule has 0 saturated carbocycles. The normalized spacial score (nSPS) is 24.4. The molecule has 1 N–H and O–H groups in total. The predicted molar refractivity (Wildman–Crippen MR) is 69.7 cm³/mol. The van der Waals surface area contributed by atoms with Gasteiger partial charge in [0.1, 0.15) is 5.82 Å². The Kier molecular flexibility index (Phi) is 4.02. The van der Waals surface area contributed by atoms with Gasteiger partial charge in [0.05, 0.1) is 5.92 Å². The number of carbonyl (C=O) groups is 1. The fourth-order valence-electron chi connectivity index (χ4n) is 2.41. The molecule has 1 saturated heterocycles. The second-order valence-corrected chi connectivity index (χ2v) is 5.77. The molecule has 0 unspecified atom stereocenters. The maximum absolute atomic E-state index is 13.7. The van der Waals surface area contributed by atoms with Gasteiger partial charge in [-0.1, -0.05) is 28.9 Å². The summed E-state index contributed by atoms with van der Waals surface area (Å²) >= 11 is 3.22. The minimum atomic E-state index is -0.763. The molecule has 0 aromatic heterocycles. The number of likely N-dealkylation sites (tertiary alicyclic amines) is 1. The van der Waals surface area contributed by atoms with Gasteiger partial charge in [0.15, 0.2) is 0 Å². The lowest BCUT2D eigenvalue weighted by atomic mass is 9.99. The van der Waals surface area contributed by atoms with Crippen molar-refractivity contribution < 1.29 is 14.3 Å². The molecule has 1 aromatic carbocycles. The molecular formula is C13H15BrFNO2. The van der Waals surface area contributed by atoms with E-state index in [1.165, 1.54) is 6.07 Å². The summed E-state index contributed by atoms with van der Waals surface area (Å²) in [4.78, 5) is 13.0. The van der Waals surface area contributed by atoms with Crippen LogP contribution in [-0.4, -0.2) is 29.1 Å². The average Bonchev–Trinajstić information content (AvgIpc) is 2.64. The van der Waals surface area contributed by atoms with Crippen LogP contribution in [0.2, 0.25) is 0 Å². The quantitative estimate of drug-likeness (QED) is 0.932. The van der Waals surface area contributed by atoms with Gasteiger partial charge in [-0.2, -0.15) is 0 Å². The van der Waals surface area contributed by atoms with Crippen molar-refractivity contribution in [3.05, 3.63) is 34.1 Å². The fourth-order valence-corrected chi connectivity index (χ4v) is 2.74. The van der Waals surface area contributed by atoms with Crippen LogP contribution >= 0.6 is 15.9 Å². The van der Waals surface area contributed by atoms with Gasteiger partial charge in [-0.05, 0) is 18.1 Å². The summed E-state index contributed by atoms with van der Waals surface area (Å²) < 4.78 is 14.4. The number of halogens is 2. The molecule has 18 heavy (non-hydrogen) atoms. The zero-order valence-electron chi connectivity index (χ0n) is 10.1. The number of hydrogen-bond acceptors (Lipinski definition) is 2. The van der Waals surface area contributed by atoms with Gasteiger partial charge >= 0.3 is 5.97 Å². The molecule has 1 fully saturated rings. The lowest BCUT2D eigenvalue weighted by molar-refractivity contribution is -0.142. The number of rotatable bonds is 3. The molecule has 1 aliphatic heterocycles. The lowest BCUT2D eigenvalue weighted by Crippen LogP contribution is -2.23. The molecule has 5 heteroatoms. The Morgan fingerprint density at radius 3 is 2.83 bits per heavy atom. The third kappa shape index (κ3) is 2.90. The van der Waals surface area contributed by atoms with Gasteiger partial charge in [-0.3, -0.25) is 9.69 Å². The van der Waals surface area contributed by atoms with E-state index in [-0.39, 0.29) is 17.7 Å². The van der Waals surface area contributed by atoms with Crippen LogP contribution in [0.25, 0.3) is 0 Å². The van der Waals surface area contributed by atoms with Crippen molar-refractivity contribution in [2.75, 3.05) is 13.1 Å². The zero-order valence-corrected chi connectivity index (χ0v) is 11.7. The molecule has 1 aromatic rings. The molecule has 0 bridgehead atoms. The molecule has 1 aliphatic rings. The Balaban J connectivity index is 2.05. The largest absolute Gasteiger partial charge is 0.481 e. The van der Waals surface area contributed by atoms with Crippen LogP contribution in [0.4, 0.5) is 4.39 Å². The number of carboxylic acid groups (broad SMARTS) is 1. The molecule has 0 spiro atoms. The summed E-state index contributed by atoms with van der Waals surface area (Å²) in [7, 11) is 0. The topological polar surface area (TPSA) is 40.5 Å². The molecule has 2 rings (SSSR count). The Hall–Kier alpha value is -0.940. The molecule has 0 aliphatic carbocycles. The fraction of sp³-hybridized carbons (Fsp3) is 0.462. The first-order chi connectivity index (χ1) is 8.47. The highest BCUT2D eigenvalue weighted by Gasteiger charge is 2.34. The standard InChI is InChI=1S/C13H15BrFNO2/c1-8-5-16(7-11(8)13(17)18)6-9-2-3-10(14)4-12(9)15/h2-4,8,11H,5-7H2,1H3,(H,17,18)/t8-,11-/m1/s1. The maximum atomic E-state index is 13.7. The smallest absolute Gasteiger partial charge is 0.308 e. The summed E-state index contributed by atoms with van der Waals surface area (Å²) in [5.41, 5.74) is 0.608. The summed E-state index contributed by atoms with van der Waals surface area (Å²) in [5.74, 6) is -1.25. The highest BCUT2D eigenvalue weighted by molar-refractivity contribution is 9.10. The van der Waals surface area contributed by atoms with Crippen LogP contribution in [0.5, 0.6) is 0 Å². The second kappa shape index (κ2) is 5.36. The van der Waals surface area contributed by atoms with E-state index in [0.29, 0.717) is 29.7 Å². The third-order valence-electron chi connectivity index (χ3n) is 3.41. The Bertz CT molecular complexity index is 466. The van der Waals surface area contributed by atoms with Crippen molar-refractivity contribution in [3.8, 4) is 0 Å². The monoisotopic (exact) mass is 315 g/mol. The SMILES string of the molecule is C[C@@H]1CN(Cc2ccc(Br)cc2F)C[C@H]1C(=O)O. The predicted octanol–water partition coefficient (Wildman–Crippen LogP) is 2.74. The van der Waals surface area contributed by atoms with Crippen molar-refractivity contribution in [1.82, 2.24) is 4.90 Å². The number of carboxylic acids is 1. The van der Waals surface area contributed by atoms with Gasteiger partial charge < -0.3 is 5.11 Å². The van der Waals surface area contributed by atoms with Crippen molar-refractivity contribution in [3.63, 3.8) is 0 Å². The number of aliphatic carboxylic acids is 1. The van der Waals surface area contributed by atoms with E-state index in [9.17, 15) is 9.18 Å². The summed E-state index contributed by atoms with van der Waals surface area (Å²) in [5, 5.41) is 9.05.